The number of hydrogen-bond acceptors (Lipinski definition) is 7. The number of carbonyl (C=O) groups excluding carboxylic acids is 1. The number of thiophene rings is 1. The summed E-state index contributed by atoms with van der Waals surface area (Å²) in [5, 5.41) is 0. The summed E-state index contributed by atoms with van der Waals surface area (Å²) in [7, 11) is -6.89. The van der Waals surface area contributed by atoms with Gasteiger partial charge in [-0.25, -0.2) is 16.8 Å². The van der Waals surface area contributed by atoms with Gasteiger partial charge in [-0.15, -0.1) is 11.3 Å². The van der Waals surface area contributed by atoms with Gasteiger partial charge >= 0.3 is 0 Å². The number of piperidine rings is 1. The standard InChI is InChI=1S/C21H27N3O5S3/c22-13-19-6-7-20(30-19)32(28,29)24-14-17(16-4-2-1-3-5-16)12-18(15-24)21(25)23-8-10-31(26,27)11-9-23/h1-7,17-18H,8-15,22H2/t17-,18-/m0/s1. The van der Waals surface area contributed by atoms with Crippen LogP contribution in [0.1, 0.15) is 22.8 Å². The van der Waals surface area contributed by atoms with Gasteiger partial charge in [0.05, 0.1) is 17.4 Å². The molecule has 8 nitrogen and oxygen atoms in total. The number of nitrogens with zero attached hydrogens (tertiary/aromatic N) is 2. The molecule has 11 heteroatoms. The number of benzene rings is 1. The average Bonchev–Trinajstić information content (AvgIpc) is 3.29. The minimum Gasteiger partial charge on any atom is -0.340 e. The SMILES string of the molecule is NCc1ccc(S(=O)(=O)N2C[C@@H](C(=O)N3CCS(=O)(=O)CC3)C[C@H](c3ccccc3)C2)s1. The summed E-state index contributed by atoms with van der Waals surface area (Å²) >= 11 is 1.15. The summed E-state index contributed by atoms with van der Waals surface area (Å²) < 4.78 is 52.0. The summed E-state index contributed by atoms with van der Waals surface area (Å²) in [5.74, 6) is -0.927. The van der Waals surface area contributed by atoms with Crippen LogP contribution in [0.25, 0.3) is 0 Å². The highest BCUT2D eigenvalue weighted by Crippen LogP contribution is 2.35. The first-order chi connectivity index (χ1) is 15.2. The maximum Gasteiger partial charge on any atom is 0.252 e. The Labute approximate surface area is 193 Å². The molecule has 2 aromatic rings. The lowest BCUT2D eigenvalue weighted by Crippen LogP contribution is -2.51. The number of hydrogen-bond donors (Lipinski definition) is 1. The zero-order valence-corrected chi connectivity index (χ0v) is 20.0. The van der Waals surface area contributed by atoms with Crippen molar-refractivity contribution >= 4 is 37.1 Å². The van der Waals surface area contributed by atoms with E-state index in [0.717, 1.165) is 21.8 Å². The predicted octanol–water partition coefficient (Wildman–Crippen LogP) is 1.26. The molecule has 0 radical (unpaired) electrons. The zero-order valence-electron chi connectivity index (χ0n) is 17.6. The third-order valence-corrected chi connectivity index (χ3v) is 11.1. The van der Waals surface area contributed by atoms with E-state index in [-0.39, 0.29) is 53.7 Å². The van der Waals surface area contributed by atoms with Crippen molar-refractivity contribution in [2.75, 3.05) is 37.7 Å². The van der Waals surface area contributed by atoms with Crippen molar-refractivity contribution in [1.29, 1.82) is 0 Å². The van der Waals surface area contributed by atoms with Gasteiger partial charge in [-0.3, -0.25) is 4.79 Å². The van der Waals surface area contributed by atoms with Crippen LogP contribution in [-0.4, -0.2) is 69.6 Å². The van der Waals surface area contributed by atoms with Crippen molar-refractivity contribution in [2.24, 2.45) is 11.7 Å². The second-order valence-corrected chi connectivity index (χ2v) is 13.9. The quantitative estimate of drug-likeness (QED) is 0.665. The van der Waals surface area contributed by atoms with Crippen LogP contribution < -0.4 is 5.73 Å². The van der Waals surface area contributed by atoms with Gasteiger partial charge in [-0.05, 0) is 30.0 Å². The predicted molar refractivity (Wildman–Crippen MR) is 123 cm³/mol. The summed E-state index contributed by atoms with van der Waals surface area (Å²) in [4.78, 5) is 15.6. The Bertz CT molecular complexity index is 1160. The van der Waals surface area contributed by atoms with E-state index in [2.05, 4.69) is 0 Å². The molecule has 4 rings (SSSR count). The van der Waals surface area contributed by atoms with Gasteiger partial charge in [0, 0.05) is 37.6 Å². The minimum atomic E-state index is -3.78. The van der Waals surface area contributed by atoms with Gasteiger partial charge in [0.25, 0.3) is 10.0 Å². The topological polar surface area (TPSA) is 118 Å². The number of nitrogens with two attached hydrogens (primary N) is 1. The molecule has 0 aliphatic carbocycles. The first kappa shape index (κ1) is 23.4. The molecule has 2 aliphatic heterocycles. The van der Waals surface area contributed by atoms with Crippen molar-refractivity contribution in [3.05, 3.63) is 52.9 Å². The van der Waals surface area contributed by atoms with Crippen LogP contribution in [-0.2, 0) is 31.2 Å². The second kappa shape index (κ2) is 9.22. The lowest BCUT2D eigenvalue weighted by atomic mass is 9.85. The van der Waals surface area contributed by atoms with Crippen LogP contribution in [0.5, 0.6) is 0 Å². The van der Waals surface area contributed by atoms with Crippen molar-refractivity contribution in [3.8, 4) is 0 Å². The second-order valence-electron chi connectivity index (χ2n) is 8.26. The molecular weight excluding hydrogens is 470 g/mol. The van der Waals surface area contributed by atoms with Crippen LogP contribution in [0.4, 0.5) is 0 Å². The molecule has 0 spiro atoms. The molecule has 1 aromatic carbocycles. The van der Waals surface area contributed by atoms with E-state index in [1.54, 1.807) is 17.0 Å². The Morgan fingerprint density at radius 2 is 1.75 bits per heavy atom. The Morgan fingerprint density at radius 3 is 2.38 bits per heavy atom. The fourth-order valence-electron chi connectivity index (χ4n) is 4.33. The van der Waals surface area contributed by atoms with E-state index in [0.29, 0.717) is 13.0 Å². The fraction of sp³-hybridized carbons (Fsp3) is 0.476. The van der Waals surface area contributed by atoms with E-state index < -0.39 is 25.8 Å². The van der Waals surface area contributed by atoms with Crippen molar-refractivity contribution in [1.82, 2.24) is 9.21 Å². The zero-order chi connectivity index (χ0) is 22.9. The fourth-order valence-corrected chi connectivity index (χ4v) is 8.45. The number of amides is 1. The molecule has 2 N–H and O–H groups in total. The molecule has 2 fully saturated rings. The summed E-state index contributed by atoms with van der Waals surface area (Å²) in [6.07, 6.45) is 0.524. The maximum atomic E-state index is 13.4. The van der Waals surface area contributed by atoms with E-state index in [1.165, 1.54) is 4.31 Å². The number of rotatable bonds is 5. The Kier molecular flexibility index (Phi) is 6.73. The van der Waals surface area contributed by atoms with Crippen LogP contribution in [0, 0.1) is 5.92 Å². The van der Waals surface area contributed by atoms with E-state index in [4.69, 9.17) is 5.73 Å². The Morgan fingerprint density at radius 1 is 1.06 bits per heavy atom. The first-order valence-corrected chi connectivity index (χ1v) is 14.6. The largest absolute Gasteiger partial charge is 0.340 e. The Balaban J connectivity index is 1.61. The lowest BCUT2D eigenvalue weighted by molar-refractivity contribution is -0.136. The van der Waals surface area contributed by atoms with Crippen LogP contribution in [0.15, 0.2) is 46.7 Å². The Hall–Kier alpha value is -1.79. The molecule has 1 aromatic heterocycles. The highest BCUT2D eigenvalue weighted by atomic mass is 32.2. The van der Waals surface area contributed by atoms with Crippen LogP contribution in [0.3, 0.4) is 0 Å². The third-order valence-electron chi connectivity index (χ3n) is 6.13. The van der Waals surface area contributed by atoms with Crippen molar-refractivity contribution in [3.63, 3.8) is 0 Å². The molecule has 1 amide bonds. The van der Waals surface area contributed by atoms with Crippen molar-refractivity contribution < 1.29 is 21.6 Å². The van der Waals surface area contributed by atoms with Gasteiger partial charge in [-0.1, -0.05) is 30.3 Å². The van der Waals surface area contributed by atoms with Gasteiger partial charge < -0.3 is 10.6 Å². The van der Waals surface area contributed by atoms with Gasteiger partial charge in [-0.2, -0.15) is 4.31 Å². The van der Waals surface area contributed by atoms with Gasteiger partial charge in [0.1, 0.15) is 4.21 Å². The van der Waals surface area contributed by atoms with E-state index >= 15 is 0 Å². The van der Waals surface area contributed by atoms with Crippen molar-refractivity contribution in [2.45, 2.75) is 23.1 Å². The molecule has 2 aliphatic rings. The highest BCUT2D eigenvalue weighted by Gasteiger charge is 2.40. The normalized spacial score (nSPS) is 24.3. The molecule has 2 saturated heterocycles. The molecule has 0 saturated carbocycles. The molecule has 32 heavy (non-hydrogen) atoms. The molecule has 0 unspecified atom stereocenters. The summed E-state index contributed by atoms with van der Waals surface area (Å²) in [6, 6.07) is 12.9. The van der Waals surface area contributed by atoms with Gasteiger partial charge in [0.2, 0.25) is 5.91 Å². The molecular formula is C21H27N3O5S3. The first-order valence-electron chi connectivity index (χ1n) is 10.5. The monoisotopic (exact) mass is 497 g/mol. The number of carbonyl (C=O) groups is 1. The molecule has 2 atom stereocenters. The van der Waals surface area contributed by atoms with Crippen LogP contribution in [0.2, 0.25) is 0 Å². The average molecular weight is 498 g/mol. The number of sulfone groups is 1. The highest BCUT2D eigenvalue weighted by molar-refractivity contribution is 7.91. The summed E-state index contributed by atoms with van der Waals surface area (Å²) in [5.41, 5.74) is 6.64. The smallest absolute Gasteiger partial charge is 0.252 e. The molecule has 3 heterocycles. The minimum absolute atomic E-state index is 0.0490. The van der Waals surface area contributed by atoms with E-state index in [1.807, 2.05) is 30.3 Å². The maximum absolute atomic E-state index is 13.4. The van der Waals surface area contributed by atoms with Gasteiger partial charge in [0.15, 0.2) is 9.84 Å². The molecule has 0 bridgehead atoms. The summed E-state index contributed by atoms with van der Waals surface area (Å²) in [6.45, 7) is 0.964. The number of sulfonamides is 1. The van der Waals surface area contributed by atoms with E-state index in [9.17, 15) is 21.6 Å². The lowest BCUT2D eigenvalue weighted by Gasteiger charge is -2.39. The van der Waals surface area contributed by atoms with Crippen LogP contribution >= 0.6 is 11.3 Å². The third kappa shape index (κ3) is 4.91. The molecule has 174 valence electrons.